The van der Waals surface area contributed by atoms with E-state index in [2.05, 4.69) is 5.32 Å². The van der Waals surface area contributed by atoms with Crippen LogP contribution in [-0.4, -0.2) is 35.6 Å². The number of imide groups is 1. The molecule has 1 aromatic rings. The summed E-state index contributed by atoms with van der Waals surface area (Å²) in [5.74, 6) is -0.322. The minimum atomic E-state index is -0.509. The summed E-state index contributed by atoms with van der Waals surface area (Å²) in [6.45, 7) is 1.81. The van der Waals surface area contributed by atoms with Crippen molar-refractivity contribution in [2.75, 3.05) is 12.4 Å². The van der Waals surface area contributed by atoms with Gasteiger partial charge in [-0.2, -0.15) is 0 Å². The van der Waals surface area contributed by atoms with Gasteiger partial charge < -0.3 is 5.32 Å². The highest BCUT2D eigenvalue weighted by Gasteiger charge is 2.35. The zero-order chi connectivity index (χ0) is 14.0. The molecule has 100 valence electrons. The maximum absolute atomic E-state index is 11.7. The minimum Gasteiger partial charge on any atom is -0.373 e. The molecule has 5 nitrogen and oxygen atoms in total. The average molecular weight is 260 g/mol. The molecule has 1 fully saturated rings. The summed E-state index contributed by atoms with van der Waals surface area (Å²) in [6.07, 6.45) is 0.637. The van der Waals surface area contributed by atoms with Gasteiger partial charge in [0.2, 0.25) is 5.91 Å². The van der Waals surface area contributed by atoms with Gasteiger partial charge in [0.05, 0.1) is 6.42 Å². The van der Waals surface area contributed by atoms with Crippen molar-refractivity contribution in [2.24, 2.45) is 0 Å². The number of benzene rings is 1. The fraction of sp³-hybridized carbons (Fsp3) is 0.357. The number of anilines is 1. The molecule has 0 saturated carbocycles. The van der Waals surface area contributed by atoms with E-state index < -0.39 is 6.04 Å². The van der Waals surface area contributed by atoms with Crippen LogP contribution in [-0.2, 0) is 9.59 Å². The number of hydrogen-bond donors (Lipinski definition) is 1. The fourth-order valence-electron chi connectivity index (χ4n) is 2.03. The molecule has 1 saturated heterocycles. The van der Waals surface area contributed by atoms with Crippen LogP contribution >= 0.6 is 0 Å². The molecule has 0 aromatic heterocycles. The number of hydrogen-bond acceptors (Lipinski definition) is 4. The van der Waals surface area contributed by atoms with Gasteiger partial charge in [0.1, 0.15) is 6.04 Å². The maximum atomic E-state index is 11.7. The second kappa shape index (κ2) is 5.22. The number of ketones is 1. The minimum absolute atomic E-state index is 0.0819. The van der Waals surface area contributed by atoms with Crippen molar-refractivity contribution in [1.29, 1.82) is 0 Å². The molecule has 1 aliphatic heterocycles. The Hall–Kier alpha value is -2.17. The van der Waals surface area contributed by atoms with Crippen LogP contribution in [0.15, 0.2) is 24.3 Å². The number of amides is 2. The summed E-state index contributed by atoms with van der Waals surface area (Å²) in [6, 6.07) is 6.43. The molecule has 1 N–H and O–H groups in total. The van der Waals surface area contributed by atoms with E-state index in [0.29, 0.717) is 12.0 Å². The molecule has 1 aromatic carbocycles. The molecule has 19 heavy (non-hydrogen) atoms. The first kappa shape index (κ1) is 13.3. The van der Waals surface area contributed by atoms with Gasteiger partial charge in [0, 0.05) is 24.7 Å². The Bertz CT molecular complexity index is 522. The Balaban J connectivity index is 2.06. The van der Waals surface area contributed by atoms with Crippen molar-refractivity contribution in [3.05, 3.63) is 29.8 Å². The van der Waals surface area contributed by atoms with Gasteiger partial charge in [0.25, 0.3) is 5.91 Å². The van der Waals surface area contributed by atoms with Gasteiger partial charge in [0.15, 0.2) is 5.78 Å². The monoisotopic (exact) mass is 260 g/mol. The van der Waals surface area contributed by atoms with Crippen LogP contribution in [0, 0.1) is 0 Å². The van der Waals surface area contributed by atoms with Crippen LogP contribution in [0.1, 0.15) is 30.1 Å². The topological polar surface area (TPSA) is 66.5 Å². The van der Waals surface area contributed by atoms with Crippen molar-refractivity contribution < 1.29 is 14.4 Å². The van der Waals surface area contributed by atoms with Crippen LogP contribution in [0.3, 0.4) is 0 Å². The molecule has 5 heteroatoms. The number of likely N-dealkylation sites (N-methyl/N-ethyl adjacent to an activating group) is 1. The Morgan fingerprint density at radius 3 is 2.42 bits per heavy atom. The number of nitrogens with one attached hydrogen (secondary N) is 1. The van der Waals surface area contributed by atoms with Crippen molar-refractivity contribution in [3.63, 3.8) is 0 Å². The molecule has 0 spiro atoms. The van der Waals surface area contributed by atoms with Crippen molar-refractivity contribution in [2.45, 2.75) is 25.8 Å². The molecule has 1 unspecified atom stereocenters. The Kier molecular flexibility index (Phi) is 3.64. The van der Waals surface area contributed by atoms with Crippen LogP contribution in [0.5, 0.6) is 0 Å². The van der Waals surface area contributed by atoms with Gasteiger partial charge in [-0.05, 0) is 24.3 Å². The predicted octanol–water partition coefficient (Wildman–Crippen LogP) is 1.45. The largest absolute Gasteiger partial charge is 0.373 e. The summed E-state index contributed by atoms with van der Waals surface area (Å²) >= 11 is 0. The number of Topliss-reactive ketones (excluding diaryl/α,β-unsaturated/α-hetero) is 1. The highest BCUT2D eigenvalue weighted by molar-refractivity contribution is 6.06. The summed E-state index contributed by atoms with van der Waals surface area (Å²) in [5, 5.41) is 3.01. The molecule has 1 atom stereocenters. The summed E-state index contributed by atoms with van der Waals surface area (Å²) in [7, 11) is 1.48. The quantitative estimate of drug-likeness (QED) is 0.657. The van der Waals surface area contributed by atoms with E-state index in [9.17, 15) is 14.4 Å². The van der Waals surface area contributed by atoms with Crippen LogP contribution in [0.4, 0.5) is 5.69 Å². The number of rotatable bonds is 4. The van der Waals surface area contributed by atoms with E-state index in [0.717, 1.165) is 10.6 Å². The second-order valence-electron chi connectivity index (χ2n) is 4.55. The van der Waals surface area contributed by atoms with Crippen molar-refractivity contribution in [1.82, 2.24) is 4.90 Å². The number of carbonyl (C=O) groups is 3. The first-order valence-corrected chi connectivity index (χ1v) is 6.23. The Morgan fingerprint density at radius 1 is 1.32 bits per heavy atom. The van der Waals surface area contributed by atoms with Gasteiger partial charge in [-0.3, -0.25) is 19.3 Å². The zero-order valence-corrected chi connectivity index (χ0v) is 11.0. The van der Waals surface area contributed by atoms with Crippen molar-refractivity contribution >= 4 is 23.3 Å². The van der Waals surface area contributed by atoms with Crippen LogP contribution in [0.25, 0.3) is 0 Å². The van der Waals surface area contributed by atoms with E-state index in [1.54, 1.807) is 24.3 Å². The smallest absolute Gasteiger partial charge is 0.251 e. The van der Waals surface area contributed by atoms with E-state index in [1.807, 2.05) is 6.92 Å². The lowest BCUT2D eigenvalue weighted by atomic mass is 10.1. The van der Waals surface area contributed by atoms with E-state index in [4.69, 9.17) is 0 Å². The summed E-state index contributed by atoms with van der Waals surface area (Å²) < 4.78 is 0. The molecule has 1 aliphatic rings. The van der Waals surface area contributed by atoms with E-state index in [1.165, 1.54) is 7.05 Å². The summed E-state index contributed by atoms with van der Waals surface area (Å²) in [4.78, 5) is 35.7. The number of carbonyl (C=O) groups excluding carboxylic acids is 3. The fourth-order valence-corrected chi connectivity index (χ4v) is 2.03. The molecule has 2 rings (SSSR count). The highest BCUT2D eigenvalue weighted by atomic mass is 16.2. The lowest BCUT2D eigenvalue weighted by Crippen LogP contribution is -2.31. The molecule has 0 radical (unpaired) electrons. The second-order valence-corrected chi connectivity index (χ2v) is 4.55. The van der Waals surface area contributed by atoms with Crippen LogP contribution < -0.4 is 5.32 Å². The standard InChI is InChI=1S/C14H16N2O3/c1-3-12(17)9-4-6-10(7-5-9)15-11-8-13(18)16(2)14(11)19/h4-7,11,15H,3,8H2,1-2H3. The van der Waals surface area contributed by atoms with Crippen LogP contribution in [0.2, 0.25) is 0 Å². The normalized spacial score (nSPS) is 18.8. The van der Waals surface area contributed by atoms with Crippen molar-refractivity contribution in [3.8, 4) is 0 Å². The molecule has 2 amide bonds. The molecular weight excluding hydrogens is 244 g/mol. The zero-order valence-electron chi connectivity index (χ0n) is 11.0. The molecule has 0 aliphatic carbocycles. The summed E-state index contributed by atoms with van der Waals surface area (Å²) in [5.41, 5.74) is 1.38. The van der Waals surface area contributed by atoms with E-state index >= 15 is 0 Å². The molecule has 1 heterocycles. The molecule has 0 bridgehead atoms. The third kappa shape index (κ3) is 2.65. The van der Waals surface area contributed by atoms with Gasteiger partial charge in [-0.1, -0.05) is 6.92 Å². The third-order valence-corrected chi connectivity index (χ3v) is 3.25. The van der Waals surface area contributed by atoms with Gasteiger partial charge >= 0.3 is 0 Å². The highest BCUT2D eigenvalue weighted by Crippen LogP contribution is 2.18. The van der Waals surface area contributed by atoms with Gasteiger partial charge in [-0.25, -0.2) is 0 Å². The molecular formula is C14H16N2O3. The lowest BCUT2D eigenvalue weighted by molar-refractivity contribution is -0.136. The first-order valence-electron chi connectivity index (χ1n) is 6.23. The lowest BCUT2D eigenvalue weighted by Gasteiger charge is -2.12. The number of nitrogens with zero attached hydrogens (tertiary/aromatic N) is 1. The Morgan fingerprint density at radius 2 is 1.95 bits per heavy atom. The maximum Gasteiger partial charge on any atom is 0.251 e. The average Bonchev–Trinajstić information content (AvgIpc) is 2.66. The third-order valence-electron chi connectivity index (χ3n) is 3.25. The van der Waals surface area contributed by atoms with E-state index in [-0.39, 0.29) is 24.0 Å². The Labute approximate surface area is 111 Å². The van der Waals surface area contributed by atoms with Gasteiger partial charge in [-0.15, -0.1) is 0 Å². The SMILES string of the molecule is CCC(=O)c1ccc(NC2CC(=O)N(C)C2=O)cc1. The number of likely N-dealkylation sites (tertiary alicyclic amines) is 1. The first-order chi connectivity index (χ1) is 9.02. The predicted molar refractivity (Wildman–Crippen MR) is 70.9 cm³/mol.